The molecule has 0 atom stereocenters. The van der Waals surface area contributed by atoms with Crippen molar-refractivity contribution in [3.05, 3.63) is 40.9 Å². The molecular formula is C12H8BrN2NaO5S. The van der Waals surface area contributed by atoms with E-state index in [9.17, 15) is 18.6 Å². The second kappa shape index (κ2) is 7.53. The molecule has 22 heavy (non-hydrogen) atoms. The van der Waals surface area contributed by atoms with Crippen molar-refractivity contribution < 1.29 is 52.7 Å². The van der Waals surface area contributed by atoms with Crippen LogP contribution in [0.3, 0.4) is 0 Å². The summed E-state index contributed by atoms with van der Waals surface area (Å²) in [7, 11) is -4.25. The van der Waals surface area contributed by atoms with Crippen LogP contribution in [0.2, 0.25) is 0 Å². The summed E-state index contributed by atoms with van der Waals surface area (Å²) in [5.74, 6) is -0.993. The van der Waals surface area contributed by atoms with Crippen LogP contribution in [0.1, 0.15) is 0 Å². The maximum Gasteiger partial charge on any atom is 1.00 e. The Balaban J connectivity index is 0.00000242. The van der Waals surface area contributed by atoms with Gasteiger partial charge in [0.05, 0.1) is 10.6 Å². The molecule has 0 fully saturated rings. The summed E-state index contributed by atoms with van der Waals surface area (Å²) >= 11 is 3.12. The van der Waals surface area contributed by atoms with E-state index in [0.29, 0.717) is 10.2 Å². The molecule has 0 saturated carbocycles. The van der Waals surface area contributed by atoms with Crippen molar-refractivity contribution in [2.75, 3.05) is 0 Å². The molecule has 0 aliphatic heterocycles. The number of hydrogen-bond donors (Lipinski definition) is 2. The first-order valence-corrected chi connectivity index (χ1v) is 7.69. The monoisotopic (exact) mass is 394 g/mol. The zero-order valence-electron chi connectivity index (χ0n) is 11.3. The number of phenols is 1. The van der Waals surface area contributed by atoms with Crippen LogP contribution in [0.5, 0.6) is 11.5 Å². The van der Waals surface area contributed by atoms with E-state index in [4.69, 9.17) is 4.55 Å². The first-order valence-electron chi connectivity index (χ1n) is 5.46. The van der Waals surface area contributed by atoms with Crippen molar-refractivity contribution >= 4 is 37.4 Å². The molecule has 0 aromatic heterocycles. The van der Waals surface area contributed by atoms with Gasteiger partial charge in [-0.05, 0) is 46.3 Å². The SMILES string of the molecule is O=S(=O)(O)c1ccc(N=Nc2cc(O)c([O-])cc2Br)cc1.[Na+]. The minimum atomic E-state index is -4.25. The van der Waals surface area contributed by atoms with Crippen molar-refractivity contribution in [2.24, 2.45) is 10.2 Å². The molecule has 0 unspecified atom stereocenters. The van der Waals surface area contributed by atoms with Crippen LogP contribution >= 0.6 is 15.9 Å². The average Bonchev–Trinajstić information content (AvgIpc) is 2.41. The van der Waals surface area contributed by atoms with Gasteiger partial charge in [-0.15, -0.1) is 5.11 Å². The molecule has 2 rings (SSSR count). The quantitative estimate of drug-likeness (QED) is 0.427. The average molecular weight is 395 g/mol. The standard InChI is InChI=1S/C12H9BrN2O5S.Na/c13-9-5-11(16)12(17)6-10(9)15-14-7-1-3-8(4-2-7)21(18,19)20;/h1-6,16-17H,(H,18,19,20);/q;+1/p-1. The van der Waals surface area contributed by atoms with Crippen LogP contribution < -0.4 is 34.7 Å². The van der Waals surface area contributed by atoms with Crippen LogP contribution in [-0.4, -0.2) is 18.1 Å². The maximum atomic E-state index is 11.2. The van der Waals surface area contributed by atoms with Crippen LogP contribution in [0.15, 0.2) is 56.0 Å². The fourth-order valence-corrected chi connectivity index (χ4v) is 2.29. The first-order chi connectivity index (χ1) is 9.77. The van der Waals surface area contributed by atoms with Gasteiger partial charge in [-0.2, -0.15) is 13.5 Å². The summed E-state index contributed by atoms with van der Waals surface area (Å²) in [4.78, 5) is -0.254. The third kappa shape index (κ3) is 4.77. The molecule has 0 heterocycles. The van der Waals surface area contributed by atoms with E-state index in [1.165, 1.54) is 24.3 Å². The number of halogens is 1. The molecule has 2 N–H and O–H groups in total. The Morgan fingerprint density at radius 2 is 1.68 bits per heavy atom. The molecule has 2 aromatic rings. The summed E-state index contributed by atoms with van der Waals surface area (Å²) in [6.07, 6.45) is 0. The minimum absolute atomic E-state index is 0. The zero-order valence-corrected chi connectivity index (χ0v) is 15.7. The number of rotatable bonds is 3. The summed E-state index contributed by atoms with van der Waals surface area (Å²) < 4.78 is 31.0. The molecule has 2 aromatic carbocycles. The normalized spacial score (nSPS) is 11.4. The third-order valence-electron chi connectivity index (χ3n) is 2.44. The second-order valence-corrected chi connectivity index (χ2v) is 6.22. The Hall–Kier alpha value is -0.970. The summed E-state index contributed by atoms with van der Waals surface area (Å²) in [6, 6.07) is 7.37. The van der Waals surface area contributed by atoms with Crippen LogP contribution in [0, 0.1) is 0 Å². The predicted octanol–water partition coefficient (Wildman–Crippen LogP) is -0.106. The third-order valence-corrected chi connectivity index (χ3v) is 3.94. The van der Waals surface area contributed by atoms with Gasteiger partial charge in [0, 0.05) is 10.5 Å². The van der Waals surface area contributed by atoms with E-state index < -0.39 is 21.6 Å². The Labute approximate surface area is 156 Å². The topological polar surface area (TPSA) is 122 Å². The molecule has 110 valence electrons. The molecular weight excluding hydrogens is 387 g/mol. The number of benzene rings is 2. The van der Waals surface area contributed by atoms with E-state index >= 15 is 0 Å². The predicted molar refractivity (Wildman–Crippen MR) is 75.7 cm³/mol. The van der Waals surface area contributed by atoms with Crippen LogP contribution in [0.25, 0.3) is 0 Å². The van der Waals surface area contributed by atoms with E-state index in [1.807, 2.05) is 0 Å². The molecule has 0 bridgehead atoms. The van der Waals surface area contributed by atoms with Gasteiger partial charge in [0.25, 0.3) is 10.1 Å². The molecule has 0 saturated heterocycles. The Morgan fingerprint density at radius 3 is 2.23 bits per heavy atom. The molecule has 0 amide bonds. The molecule has 0 spiro atoms. The number of nitrogens with zero attached hydrogens (tertiary/aromatic N) is 2. The van der Waals surface area contributed by atoms with E-state index in [1.54, 1.807) is 0 Å². The van der Waals surface area contributed by atoms with Crippen molar-refractivity contribution in [1.29, 1.82) is 0 Å². The Morgan fingerprint density at radius 1 is 1.09 bits per heavy atom. The zero-order chi connectivity index (χ0) is 15.6. The van der Waals surface area contributed by atoms with E-state index in [-0.39, 0.29) is 40.1 Å². The van der Waals surface area contributed by atoms with Crippen molar-refractivity contribution in [3.63, 3.8) is 0 Å². The van der Waals surface area contributed by atoms with Gasteiger partial charge in [-0.25, -0.2) is 0 Å². The molecule has 0 aliphatic rings. The fraction of sp³-hybridized carbons (Fsp3) is 0. The number of hydrogen-bond acceptors (Lipinski definition) is 6. The molecule has 0 radical (unpaired) electrons. The van der Waals surface area contributed by atoms with Crippen LogP contribution in [0.4, 0.5) is 11.4 Å². The van der Waals surface area contributed by atoms with Crippen molar-refractivity contribution in [1.82, 2.24) is 0 Å². The largest absolute Gasteiger partial charge is 1.00 e. The van der Waals surface area contributed by atoms with Gasteiger partial charge in [-0.3, -0.25) is 4.55 Å². The minimum Gasteiger partial charge on any atom is -0.870 e. The maximum absolute atomic E-state index is 11.2. The van der Waals surface area contributed by atoms with Gasteiger partial charge in [0.15, 0.2) is 0 Å². The van der Waals surface area contributed by atoms with Gasteiger partial charge in [-0.1, -0.05) is 5.75 Å². The van der Waals surface area contributed by atoms with Gasteiger partial charge < -0.3 is 10.2 Å². The number of phenolic OH excluding ortho intramolecular Hbond substituents is 1. The summed E-state index contributed by atoms with van der Waals surface area (Å²) in [5, 5.41) is 28.2. The van der Waals surface area contributed by atoms with Gasteiger partial charge >= 0.3 is 29.6 Å². The van der Waals surface area contributed by atoms with E-state index in [0.717, 1.165) is 12.1 Å². The number of azo groups is 1. The molecule has 10 heteroatoms. The van der Waals surface area contributed by atoms with Gasteiger partial charge in [0.2, 0.25) is 0 Å². The number of aromatic hydroxyl groups is 1. The fourth-order valence-electron chi connectivity index (χ4n) is 1.41. The smallest absolute Gasteiger partial charge is 0.870 e. The Bertz CT molecular complexity index is 809. The van der Waals surface area contributed by atoms with Crippen molar-refractivity contribution in [3.8, 4) is 11.5 Å². The summed E-state index contributed by atoms with van der Waals surface area (Å²) in [6.45, 7) is 0. The van der Waals surface area contributed by atoms with Gasteiger partial charge in [0.1, 0.15) is 11.4 Å². The molecule has 7 nitrogen and oxygen atoms in total. The van der Waals surface area contributed by atoms with Crippen molar-refractivity contribution in [2.45, 2.75) is 4.90 Å². The Kier molecular flexibility index (Phi) is 6.53. The summed E-state index contributed by atoms with van der Waals surface area (Å²) in [5.41, 5.74) is 0.575. The van der Waals surface area contributed by atoms with E-state index in [2.05, 4.69) is 26.2 Å². The van der Waals surface area contributed by atoms with Crippen LogP contribution in [-0.2, 0) is 10.1 Å². The molecule has 0 aliphatic carbocycles. The first kappa shape index (κ1) is 19.1. The second-order valence-electron chi connectivity index (χ2n) is 3.94.